The Morgan fingerprint density at radius 1 is 1.00 bits per heavy atom. The van der Waals surface area contributed by atoms with Crippen molar-refractivity contribution in [3.63, 3.8) is 0 Å². The Morgan fingerprint density at radius 3 is 2.39 bits per heavy atom. The standard InChI is InChI=1S/C22H24F2N4O3/c23-15-6-7-18(19(24)14-15)21(30)25-11-8-20(29)26-17-9-12-28(13-10-17)22(31)27-16-4-2-1-3-5-16/h1-7,14,17H,8-13H2,(H,25,30)(H,26,29)(H,27,31). The van der Waals surface area contributed by atoms with Gasteiger partial charge in [-0.25, -0.2) is 13.6 Å². The highest BCUT2D eigenvalue weighted by molar-refractivity contribution is 5.94. The number of nitrogens with zero attached hydrogens (tertiary/aromatic N) is 1. The molecule has 9 heteroatoms. The Hall–Kier alpha value is -3.49. The van der Waals surface area contributed by atoms with Crippen molar-refractivity contribution < 1.29 is 23.2 Å². The van der Waals surface area contributed by atoms with Crippen LogP contribution in [-0.2, 0) is 4.79 Å². The fourth-order valence-corrected chi connectivity index (χ4v) is 3.31. The molecule has 0 radical (unpaired) electrons. The van der Waals surface area contributed by atoms with Gasteiger partial charge in [-0.05, 0) is 37.1 Å². The lowest BCUT2D eigenvalue weighted by Gasteiger charge is -2.32. The van der Waals surface area contributed by atoms with Gasteiger partial charge < -0.3 is 20.9 Å². The highest BCUT2D eigenvalue weighted by atomic mass is 19.1. The molecule has 1 heterocycles. The maximum absolute atomic E-state index is 13.6. The normalized spacial score (nSPS) is 14.1. The molecule has 3 N–H and O–H groups in total. The predicted octanol–water partition coefficient (Wildman–Crippen LogP) is 2.90. The summed E-state index contributed by atoms with van der Waals surface area (Å²) < 4.78 is 26.5. The van der Waals surface area contributed by atoms with E-state index in [1.807, 2.05) is 30.3 Å². The van der Waals surface area contributed by atoms with E-state index < -0.39 is 17.5 Å². The van der Waals surface area contributed by atoms with Crippen LogP contribution in [0.5, 0.6) is 0 Å². The van der Waals surface area contributed by atoms with Gasteiger partial charge in [-0.2, -0.15) is 0 Å². The lowest BCUT2D eigenvalue weighted by atomic mass is 10.1. The van der Waals surface area contributed by atoms with Gasteiger partial charge in [-0.1, -0.05) is 18.2 Å². The lowest BCUT2D eigenvalue weighted by molar-refractivity contribution is -0.121. The van der Waals surface area contributed by atoms with Gasteiger partial charge in [0.2, 0.25) is 5.91 Å². The molecule has 0 aliphatic carbocycles. The van der Waals surface area contributed by atoms with Gasteiger partial charge in [0.15, 0.2) is 0 Å². The zero-order valence-corrected chi connectivity index (χ0v) is 16.9. The summed E-state index contributed by atoms with van der Waals surface area (Å²) in [5, 5.41) is 8.18. The van der Waals surface area contributed by atoms with Gasteiger partial charge in [0.25, 0.3) is 5.91 Å². The van der Waals surface area contributed by atoms with Crippen molar-refractivity contribution in [3.05, 3.63) is 65.7 Å². The lowest BCUT2D eigenvalue weighted by Crippen LogP contribution is -2.48. The molecule has 1 fully saturated rings. The largest absolute Gasteiger partial charge is 0.353 e. The summed E-state index contributed by atoms with van der Waals surface area (Å²) >= 11 is 0. The number of urea groups is 1. The molecule has 3 rings (SSSR count). The Kier molecular flexibility index (Phi) is 7.53. The number of carbonyl (C=O) groups is 3. The van der Waals surface area contributed by atoms with Gasteiger partial charge >= 0.3 is 6.03 Å². The minimum Gasteiger partial charge on any atom is -0.353 e. The van der Waals surface area contributed by atoms with Crippen molar-refractivity contribution in [1.82, 2.24) is 15.5 Å². The molecule has 4 amide bonds. The van der Waals surface area contributed by atoms with Crippen LogP contribution in [0.4, 0.5) is 19.3 Å². The first kappa shape index (κ1) is 22.2. The van der Waals surface area contributed by atoms with Crippen LogP contribution in [0.1, 0.15) is 29.6 Å². The molecule has 0 saturated carbocycles. The molecule has 0 atom stereocenters. The Morgan fingerprint density at radius 2 is 1.71 bits per heavy atom. The average molecular weight is 430 g/mol. The van der Waals surface area contributed by atoms with Crippen molar-refractivity contribution >= 4 is 23.5 Å². The summed E-state index contributed by atoms with van der Waals surface area (Å²) in [6.07, 6.45) is 1.28. The predicted molar refractivity (Wildman–Crippen MR) is 112 cm³/mol. The highest BCUT2D eigenvalue weighted by Crippen LogP contribution is 2.13. The molecule has 0 unspecified atom stereocenters. The van der Waals surface area contributed by atoms with Gasteiger partial charge in [0.1, 0.15) is 11.6 Å². The average Bonchev–Trinajstić information content (AvgIpc) is 2.75. The maximum atomic E-state index is 13.6. The van der Waals surface area contributed by atoms with Gasteiger partial charge in [-0.15, -0.1) is 0 Å². The second-order valence-electron chi connectivity index (χ2n) is 7.26. The molecule has 0 spiro atoms. The smallest absolute Gasteiger partial charge is 0.321 e. The molecule has 0 bridgehead atoms. The third-order valence-electron chi connectivity index (χ3n) is 4.99. The monoisotopic (exact) mass is 430 g/mol. The van der Waals surface area contributed by atoms with Gasteiger partial charge in [-0.3, -0.25) is 9.59 Å². The molecular formula is C22H24F2N4O3. The van der Waals surface area contributed by atoms with E-state index in [4.69, 9.17) is 0 Å². The zero-order chi connectivity index (χ0) is 22.2. The number of rotatable bonds is 6. The van der Waals surface area contributed by atoms with Crippen LogP contribution in [0.15, 0.2) is 48.5 Å². The van der Waals surface area contributed by atoms with E-state index in [9.17, 15) is 23.2 Å². The van der Waals surface area contributed by atoms with Crippen molar-refractivity contribution in [2.24, 2.45) is 0 Å². The number of hydrogen-bond donors (Lipinski definition) is 3. The van der Waals surface area contributed by atoms with Crippen LogP contribution in [-0.4, -0.2) is 48.4 Å². The summed E-state index contributed by atoms with van der Waals surface area (Å²) in [4.78, 5) is 38.1. The summed E-state index contributed by atoms with van der Waals surface area (Å²) in [5.41, 5.74) is 0.452. The SMILES string of the molecule is O=C(CCNC(=O)c1ccc(F)cc1F)NC1CCN(C(=O)Nc2ccccc2)CC1. The topological polar surface area (TPSA) is 90.5 Å². The number of piperidine rings is 1. The number of anilines is 1. The third kappa shape index (κ3) is 6.50. The number of likely N-dealkylation sites (tertiary alicyclic amines) is 1. The van der Waals surface area contributed by atoms with Crippen LogP contribution in [0.3, 0.4) is 0 Å². The van der Waals surface area contributed by atoms with E-state index in [-0.39, 0.29) is 36.5 Å². The van der Waals surface area contributed by atoms with Crippen LogP contribution in [0.2, 0.25) is 0 Å². The molecule has 1 saturated heterocycles. The van der Waals surface area contributed by atoms with Gasteiger partial charge in [0, 0.05) is 43.9 Å². The first-order valence-corrected chi connectivity index (χ1v) is 10.1. The van der Waals surface area contributed by atoms with Crippen molar-refractivity contribution in [1.29, 1.82) is 0 Å². The summed E-state index contributed by atoms with van der Waals surface area (Å²) in [7, 11) is 0. The van der Waals surface area contributed by atoms with E-state index >= 15 is 0 Å². The summed E-state index contributed by atoms with van der Waals surface area (Å²) in [5.74, 6) is -2.67. The third-order valence-corrected chi connectivity index (χ3v) is 4.99. The number of para-hydroxylation sites is 1. The van der Waals surface area contributed by atoms with E-state index in [0.717, 1.165) is 17.8 Å². The molecule has 1 aliphatic rings. The van der Waals surface area contributed by atoms with Crippen molar-refractivity contribution in [2.45, 2.75) is 25.3 Å². The van der Waals surface area contributed by atoms with Gasteiger partial charge in [0.05, 0.1) is 5.56 Å². The quantitative estimate of drug-likeness (QED) is 0.658. The molecule has 7 nitrogen and oxygen atoms in total. The van der Waals surface area contributed by atoms with E-state index in [1.54, 1.807) is 4.90 Å². The summed E-state index contributed by atoms with van der Waals surface area (Å²) in [6.45, 7) is 1.06. The highest BCUT2D eigenvalue weighted by Gasteiger charge is 2.24. The second kappa shape index (κ2) is 10.5. The molecule has 164 valence electrons. The Bertz CT molecular complexity index is 932. The number of nitrogens with one attached hydrogen (secondary N) is 3. The maximum Gasteiger partial charge on any atom is 0.321 e. The number of amides is 4. The van der Waals surface area contributed by atoms with E-state index in [2.05, 4.69) is 16.0 Å². The summed E-state index contributed by atoms with van der Waals surface area (Å²) in [6, 6.07) is 11.6. The van der Waals surface area contributed by atoms with E-state index in [1.165, 1.54) is 0 Å². The molecule has 31 heavy (non-hydrogen) atoms. The van der Waals surface area contributed by atoms with Crippen molar-refractivity contribution in [2.75, 3.05) is 25.0 Å². The fraction of sp³-hybridized carbons (Fsp3) is 0.318. The van der Waals surface area contributed by atoms with Crippen LogP contribution in [0.25, 0.3) is 0 Å². The molecular weight excluding hydrogens is 406 g/mol. The minimum atomic E-state index is -0.954. The Balaban J connectivity index is 1.35. The molecule has 2 aromatic rings. The first-order valence-electron chi connectivity index (χ1n) is 10.1. The van der Waals surface area contributed by atoms with E-state index in [0.29, 0.717) is 32.0 Å². The molecule has 1 aliphatic heterocycles. The number of halogens is 2. The van der Waals surface area contributed by atoms with Crippen LogP contribution >= 0.6 is 0 Å². The molecule has 2 aromatic carbocycles. The second-order valence-corrected chi connectivity index (χ2v) is 7.26. The minimum absolute atomic E-state index is 0.0276. The van der Waals surface area contributed by atoms with Crippen LogP contribution < -0.4 is 16.0 Å². The molecule has 0 aromatic heterocycles. The fourth-order valence-electron chi connectivity index (χ4n) is 3.31. The Labute approximate surface area is 178 Å². The zero-order valence-electron chi connectivity index (χ0n) is 16.9. The number of hydrogen-bond acceptors (Lipinski definition) is 3. The number of carbonyl (C=O) groups excluding carboxylic acids is 3. The van der Waals surface area contributed by atoms with Crippen LogP contribution in [0, 0.1) is 11.6 Å². The van der Waals surface area contributed by atoms with Crippen molar-refractivity contribution in [3.8, 4) is 0 Å². The first-order chi connectivity index (χ1) is 14.9. The number of benzene rings is 2.